The molecule has 1 saturated heterocycles. The molecule has 1 unspecified atom stereocenters. The molecule has 19 heavy (non-hydrogen) atoms. The molecule has 1 aliphatic rings. The summed E-state index contributed by atoms with van der Waals surface area (Å²) in [5.41, 5.74) is 0.377. The van der Waals surface area contributed by atoms with Crippen LogP contribution in [0.2, 0.25) is 0 Å². The molecule has 1 atom stereocenters. The molecule has 0 radical (unpaired) electrons. The quantitative estimate of drug-likeness (QED) is 0.752. The third kappa shape index (κ3) is 3.92. The summed E-state index contributed by atoms with van der Waals surface area (Å²) in [5.74, 6) is -0.742. The Balaban J connectivity index is 1.84. The highest BCUT2D eigenvalue weighted by Crippen LogP contribution is 2.11. The van der Waals surface area contributed by atoms with Crippen molar-refractivity contribution in [1.82, 2.24) is 10.3 Å². The minimum atomic E-state index is -1.08. The highest BCUT2D eigenvalue weighted by atomic mass is 16.5. The highest BCUT2D eigenvalue weighted by Gasteiger charge is 2.16. The molecular formula is C12H15N3O4. The lowest BCUT2D eigenvalue weighted by atomic mass is 10.1. The van der Waals surface area contributed by atoms with Crippen molar-refractivity contribution in [2.45, 2.75) is 6.42 Å². The monoisotopic (exact) mass is 265 g/mol. The van der Waals surface area contributed by atoms with Crippen LogP contribution in [-0.4, -0.2) is 41.8 Å². The number of pyridine rings is 1. The molecule has 0 spiro atoms. The lowest BCUT2D eigenvalue weighted by Gasteiger charge is -2.10. The van der Waals surface area contributed by atoms with Crippen LogP contribution in [0, 0.1) is 5.92 Å². The molecule has 2 amide bonds. The number of aromatic carboxylic acids is 1. The summed E-state index contributed by atoms with van der Waals surface area (Å²) in [5, 5.41) is 14.1. The molecule has 1 aromatic rings. The number of hydrogen-bond donors (Lipinski definition) is 3. The minimum absolute atomic E-state index is 0.0296. The average molecular weight is 265 g/mol. The number of carbonyl (C=O) groups excluding carboxylic acids is 1. The SMILES string of the molecule is O=C(NCC1CCOC1)Nc1cncc(C(=O)O)c1. The molecule has 102 valence electrons. The van der Waals surface area contributed by atoms with Gasteiger partial charge < -0.3 is 20.5 Å². The normalized spacial score (nSPS) is 18.0. The zero-order valence-electron chi connectivity index (χ0n) is 10.3. The molecular weight excluding hydrogens is 250 g/mol. The number of nitrogens with one attached hydrogen (secondary N) is 2. The Hall–Kier alpha value is -2.15. The predicted octanol–water partition coefficient (Wildman–Crippen LogP) is 0.938. The summed E-state index contributed by atoms with van der Waals surface area (Å²) in [6, 6.07) is 0.976. The number of carboxylic acids is 1. The second-order valence-electron chi connectivity index (χ2n) is 4.33. The first-order valence-electron chi connectivity index (χ1n) is 5.96. The molecule has 7 heteroatoms. The Labute approximate surface area is 110 Å². The molecule has 0 bridgehead atoms. The third-order valence-electron chi connectivity index (χ3n) is 2.82. The molecule has 2 heterocycles. The van der Waals surface area contributed by atoms with E-state index in [0.29, 0.717) is 24.8 Å². The predicted molar refractivity (Wildman–Crippen MR) is 67.1 cm³/mol. The van der Waals surface area contributed by atoms with Crippen molar-refractivity contribution in [3.05, 3.63) is 24.0 Å². The van der Waals surface area contributed by atoms with Crippen molar-refractivity contribution in [3.8, 4) is 0 Å². The van der Waals surface area contributed by atoms with Crippen LogP contribution in [0.25, 0.3) is 0 Å². The maximum atomic E-state index is 11.6. The lowest BCUT2D eigenvalue weighted by molar-refractivity contribution is 0.0696. The fourth-order valence-electron chi connectivity index (χ4n) is 1.78. The number of nitrogens with zero attached hydrogens (tertiary/aromatic N) is 1. The van der Waals surface area contributed by atoms with Gasteiger partial charge in [-0.3, -0.25) is 4.98 Å². The van der Waals surface area contributed by atoms with Gasteiger partial charge in [0.25, 0.3) is 0 Å². The number of anilines is 1. The van der Waals surface area contributed by atoms with Crippen LogP contribution in [-0.2, 0) is 4.74 Å². The molecule has 2 rings (SSSR count). The Morgan fingerprint density at radius 1 is 1.47 bits per heavy atom. The molecule has 1 fully saturated rings. The zero-order chi connectivity index (χ0) is 13.7. The smallest absolute Gasteiger partial charge is 0.337 e. The van der Waals surface area contributed by atoms with Crippen molar-refractivity contribution in [3.63, 3.8) is 0 Å². The topological polar surface area (TPSA) is 101 Å². The largest absolute Gasteiger partial charge is 0.478 e. The van der Waals surface area contributed by atoms with E-state index in [1.807, 2.05) is 0 Å². The van der Waals surface area contributed by atoms with E-state index in [0.717, 1.165) is 13.0 Å². The summed E-state index contributed by atoms with van der Waals surface area (Å²) in [7, 11) is 0. The fourth-order valence-corrected chi connectivity index (χ4v) is 1.78. The third-order valence-corrected chi connectivity index (χ3v) is 2.82. The van der Waals surface area contributed by atoms with Crippen LogP contribution in [0.1, 0.15) is 16.8 Å². The fraction of sp³-hybridized carbons (Fsp3) is 0.417. The molecule has 1 aromatic heterocycles. The van der Waals surface area contributed by atoms with Gasteiger partial charge in [0, 0.05) is 25.3 Å². The number of amides is 2. The van der Waals surface area contributed by atoms with Crippen LogP contribution in [0.5, 0.6) is 0 Å². The van der Waals surface area contributed by atoms with Crippen LogP contribution >= 0.6 is 0 Å². The summed E-state index contributed by atoms with van der Waals surface area (Å²) in [6.45, 7) is 1.94. The number of aromatic nitrogens is 1. The van der Waals surface area contributed by atoms with Crippen molar-refractivity contribution in [1.29, 1.82) is 0 Å². The molecule has 1 aliphatic heterocycles. The van der Waals surface area contributed by atoms with Gasteiger partial charge in [0.15, 0.2) is 0 Å². The Morgan fingerprint density at radius 2 is 2.32 bits per heavy atom. The van der Waals surface area contributed by atoms with Gasteiger partial charge in [0.05, 0.1) is 24.1 Å². The van der Waals surface area contributed by atoms with E-state index in [1.165, 1.54) is 18.5 Å². The Morgan fingerprint density at radius 3 is 3.00 bits per heavy atom. The van der Waals surface area contributed by atoms with Gasteiger partial charge >= 0.3 is 12.0 Å². The number of rotatable bonds is 4. The highest BCUT2D eigenvalue weighted by molar-refractivity contribution is 5.92. The molecule has 0 saturated carbocycles. The van der Waals surface area contributed by atoms with E-state index < -0.39 is 5.97 Å². The molecule has 0 aromatic carbocycles. The maximum absolute atomic E-state index is 11.6. The van der Waals surface area contributed by atoms with Gasteiger partial charge in [0.2, 0.25) is 0 Å². The number of urea groups is 1. The van der Waals surface area contributed by atoms with Crippen molar-refractivity contribution in [2.75, 3.05) is 25.1 Å². The first-order chi connectivity index (χ1) is 9.15. The van der Waals surface area contributed by atoms with Gasteiger partial charge in [0.1, 0.15) is 0 Å². The van der Waals surface area contributed by atoms with Gasteiger partial charge in [-0.15, -0.1) is 0 Å². The van der Waals surface area contributed by atoms with Crippen molar-refractivity contribution < 1.29 is 19.4 Å². The maximum Gasteiger partial charge on any atom is 0.337 e. The standard InChI is InChI=1S/C12H15N3O4/c16-11(17)9-3-10(6-13-5-9)15-12(18)14-4-8-1-2-19-7-8/h3,5-6,8H,1-2,4,7H2,(H,16,17)(H2,14,15,18). The van der Waals surface area contributed by atoms with E-state index in [9.17, 15) is 9.59 Å². The van der Waals surface area contributed by atoms with Gasteiger partial charge in [-0.25, -0.2) is 9.59 Å². The molecule has 7 nitrogen and oxygen atoms in total. The van der Waals surface area contributed by atoms with Crippen LogP contribution < -0.4 is 10.6 Å². The van der Waals surface area contributed by atoms with Gasteiger partial charge in [-0.1, -0.05) is 0 Å². The first kappa shape index (κ1) is 13.3. The number of carbonyl (C=O) groups is 2. The van der Waals surface area contributed by atoms with Gasteiger partial charge in [-0.05, 0) is 12.5 Å². The van der Waals surface area contributed by atoms with Crippen molar-refractivity contribution in [2.24, 2.45) is 5.92 Å². The number of carboxylic acid groups (broad SMARTS) is 1. The van der Waals surface area contributed by atoms with Crippen LogP contribution in [0.4, 0.5) is 10.5 Å². The summed E-state index contributed by atoms with van der Waals surface area (Å²) in [6.07, 6.45) is 3.56. The van der Waals surface area contributed by atoms with Crippen LogP contribution in [0.3, 0.4) is 0 Å². The zero-order valence-corrected chi connectivity index (χ0v) is 10.3. The van der Waals surface area contributed by atoms with Gasteiger partial charge in [-0.2, -0.15) is 0 Å². The Kier molecular flexibility index (Phi) is 4.30. The first-order valence-corrected chi connectivity index (χ1v) is 5.96. The average Bonchev–Trinajstić information content (AvgIpc) is 2.90. The van der Waals surface area contributed by atoms with E-state index >= 15 is 0 Å². The Bertz CT molecular complexity index is 472. The molecule has 3 N–H and O–H groups in total. The van der Waals surface area contributed by atoms with E-state index in [2.05, 4.69) is 15.6 Å². The van der Waals surface area contributed by atoms with E-state index in [1.54, 1.807) is 0 Å². The summed E-state index contributed by atoms with van der Waals surface area (Å²) >= 11 is 0. The van der Waals surface area contributed by atoms with E-state index in [-0.39, 0.29) is 11.6 Å². The summed E-state index contributed by atoms with van der Waals surface area (Å²) < 4.78 is 5.20. The second-order valence-corrected chi connectivity index (χ2v) is 4.33. The van der Waals surface area contributed by atoms with Crippen LogP contribution in [0.15, 0.2) is 18.5 Å². The van der Waals surface area contributed by atoms with E-state index in [4.69, 9.17) is 9.84 Å². The molecule has 0 aliphatic carbocycles. The number of hydrogen-bond acceptors (Lipinski definition) is 4. The minimum Gasteiger partial charge on any atom is -0.478 e. The van der Waals surface area contributed by atoms with Crippen molar-refractivity contribution >= 4 is 17.7 Å². The number of ether oxygens (including phenoxy) is 1. The lowest BCUT2D eigenvalue weighted by Crippen LogP contribution is -2.33. The summed E-state index contributed by atoms with van der Waals surface area (Å²) in [4.78, 5) is 26.1. The second kappa shape index (κ2) is 6.14.